The van der Waals surface area contributed by atoms with Gasteiger partial charge in [-0.2, -0.15) is 0 Å². The molecule has 0 aromatic carbocycles. The smallest absolute Gasteiger partial charge is 0.0639 e. The van der Waals surface area contributed by atoms with Gasteiger partial charge in [0.05, 0.1) is 12.7 Å². The molecule has 1 atom stereocenters. The summed E-state index contributed by atoms with van der Waals surface area (Å²) in [6.07, 6.45) is 2.31. The number of aliphatic hydroxyl groups is 1. The van der Waals surface area contributed by atoms with Crippen molar-refractivity contribution in [3.05, 3.63) is 0 Å². The van der Waals surface area contributed by atoms with Crippen molar-refractivity contribution in [1.29, 1.82) is 0 Å². The second-order valence-electron chi connectivity index (χ2n) is 5.55. The van der Waals surface area contributed by atoms with Gasteiger partial charge in [-0.1, -0.05) is 0 Å². The molecule has 0 saturated carbocycles. The molecule has 0 aromatic rings. The minimum atomic E-state index is -0.199. The third kappa shape index (κ3) is 6.69. The third-order valence-corrected chi connectivity index (χ3v) is 3.62. The van der Waals surface area contributed by atoms with Crippen LogP contribution in [0.4, 0.5) is 0 Å². The molecular formula is C14H30N2O2. The van der Waals surface area contributed by atoms with Gasteiger partial charge in [0.1, 0.15) is 0 Å². The monoisotopic (exact) mass is 258 g/mol. The number of hydrogen-bond donors (Lipinski definition) is 1. The molecule has 0 unspecified atom stereocenters. The van der Waals surface area contributed by atoms with Crippen molar-refractivity contribution in [2.45, 2.75) is 32.8 Å². The molecule has 4 nitrogen and oxygen atoms in total. The Morgan fingerprint density at radius 1 is 1.39 bits per heavy atom. The van der Waals surface area contributed by atoms with Crippen molar-refractivity contribution >= 4 is 0 Å². The number of ether oxygens (including phenoxy) is 1. The Kier molecular flexibility index (Phi) is 7.82. The van der Waals surface area contributed by atoms with Crippen molar-refractivity contribution in [1.82, 2.24) is 9.80 Å². The van der Waals surface area contributed by atoms with E-state index in [4.69, 9.17) is 4.74 Å². The largest absolute Gasteiger partial charge is 0.392 e. The van der Waals surface area contributed by atoms with E-state index in [2.05, 4.69) is 16.8 Å². The number of likely N-dealkylation sites (tertiary alicyclic amines) is 1. The van der Waals surface area contributed by atoms with Crippen molar-refractivity contribution in [2.75, 3.05) is 53.0 Å². The van der Waals surface area contributed by atoms with E-state index in [0.29, 0.717) is 0 Å². The van der Waals surface area contributed by atoms with E-state index in [1.165, 1.54) is 19.4 Å². The zero-order valence-electron chi connectivity index (χ0n) is 12.3. The minimum Gasteiger partial charge on any atom is -0.392 e. The third-order valence-electron chi connectivity index (χ3n) is 3.62. The van der Waals surface area contributed by atoms with Crippen LogP contribution in [0.5, 0.6) is 0 Å². The van der Waals surface area contributed by atoms with Gasteiger partial charge in [0, 0.05) is 26.2 Å². The Morgan fingerprint density at radius 3 is 2.61 bits per heavy atom. The van der Waals surface area contributed by atoms with E-state index in [9.17, 15) is 5.11 Å². The van der Waals surface area contributed by atoms with Crippen LogP contribution in [0.25, 0.3) is 0 Å². The number of aliphatic hydroxyl groups excluding tert-OH is 1. The quantitative estimate of drug-likeness (QED) is 0.660. The summed E-state index contributed by atoms with van der Waals surface area (Å²) in [4.78, 5) is 4.76. The van der Waals surface area contributed by atoms with Crippen LogP contribution >= 0.6 is 0 Å². The van der Waals surface area contributed by atoms with Gasteiger partial charge in [0.25, 0.3) is 0 Å². The van der Waals surface area contributed by atoms with E-state index < -0.39 is 0 Å². The lowest BCUT2D eigenvalue weighted by atomic mass is 9.96. The molecular weight excluding hydrogens is 228 g/mol. The Morgan fingerprint density at radius 2 is 2.06 bits per heavy atom. The fourth-order valence-electron chi connectivity index (χ4n) is 2.62. The maximum atomic E-state index is 9.37. The summed E-state index contributed by atoms with van der Waals surface area (Å²) >= 11 is 0. The molecule has 0 aromatic heterocycles. The fourth-order valence-corrected chi connectivity index (χ4v) is 2.62. The first kappa shape index (κ1) is 15.9. The lowest BCUT2D eigenvalue weighted by Gasteiger charge is -2.34. The first-order valence-corrected chi connectivity index (χ1v) is 7.28. The summed E-state index contributed by atoms with van der Waals surface area (Å²) in [6.45, 7) is 10.9. The number of piperidine rings is 1. The number of rotatable bonds is 8. The molecule has 0 spiro atoms. The summed E-state index contributed by atoms with van der Waals surface area (Å²) < 4.78 is 5.38. The van der Waals surface area contributed by atoms with Crippen LogP contribution in [0.15, 0.2) is 0 Å². The molecule has 1 aliphatic heterocycles. The first-order valence-electron chi connectivity index (χ1n) is 7.28. The van der Waals surface area contributed by atoms with Crippen molar-refractivity contribution in [3.63, 3.8) is 0 Å². The second kappa shape index (κ2) is 8.86. The van der Waals surface area contributed by atoms with Crippen LogP contribution in [0.2, 0.25) is 0 Å². The summed E-state index contributed by atoms with van der Waals surface area (Å²) in [5, 5.41) is 9.37. The molecule has 1 heterocycles. The van der Waals surface area contributed by atoms with E-state index in [0.717, 1.165) is 45.3 Å². The molecule has 1 N–H and O–H groups in total. The zero-order valence-corrected chi connectivity index (χ0v) is 12.3. The molecule has 0 bridgehead atoms. The molecule has 18 heavy (non-hydrogen) atoms. The Balaban J connectivity index is 2.11. The lowest BCUT2D eigenvalue weighted by molar-refractivity contribution is 0.0836. The topological polar surface area (TPSA) is 35.9 Å². The molecule has 4 heteroatoms. The maximum Gasteiger partial charge on any atom is 0.0639 e. The van der Waals surface area contributed by atoms with Crippen LogP contribution in [0.1, 0.15) is 26.7 Å². The highest BCUT2D eigenvalue weighted by Gasteiger charge is 2.20. The lowest BCUT2D eigenvalue weighted by Crippen LogP contribution is -2.41. The Labute approximate surface area is 112 Å². The summed E-state index contributed by atoms with van der Waals surface area (Å²) in [7, 11) is 2.18. The highest BCUT2D eigenvalue weighted by molar-refractivity contribution is 4.75. The van der Waals surface area contributed by atoms with Crippen molar-refractivity contribution < 1.29 is 9.84 Å². The van der Waals surface area contributed by atoms with Crippen molar-refractivity contribution in [2.24, 2.45) is 5.92 Å². The van der Waals surface area contributed by atoms with Gasteiger partial charge in [0.2, 0.25) is 0 Å². The fraction of sp³-hybridized carbons (Fsp3) is 1.00. The molecule has 0 aliphatic carbocycles. The predicted octanol–water partition coefficient (Wildman–Crippen LogP) is 1.05. The standard InChI is InChI=1S/C14H30N2O2/c1-4-18-10-9-15(3)12-14-5-7-16(8-6-14)11-13(2)17/h13-14,17H,4-12H2,1-3H3/t13-/m1/s1. The van der Waals surface area contributed by atoms with Gasteiger partial charge in [-0.3, -0.25) is 0 Å². The number of β-amino-alcohol motifs (C(OH)–C–C–N with tert-alkyl or cyclic N) is 1. The average molecular weight is 258 g/mol. The Hall–Kier alpha value is -0.160. The van der Waals surface area contributed by atoms with E-state index >= 15 is 0 Å². The van der Waals surface area contributed by atoms with E-state index in [1.54, 1.807) is 0 Å². The normalized spacial score (nSPS) is 20.5. The number of hydrogen-bond acceptors (Lipinski definition) is 4. The molecule has 0 radical (unpaired) electrons. The number of likely N-dealkylation sites (N-methyl/N-ethyl adjacent to an activating group) is 1. The van der Waals surface area contributed by atoms with Crippen LogP contribution in [0.3, 0.4) is 0 Å². The summed E-state index contributed by atoms with van der Waals surface area (Å²) in [5.41, 5.74) is 0. The maximum absolute atomic E-state index is 9.37. The van der Waals surface area contributed by atoms with Gasteiger partial charge < -0.3 is 19.6 Å². The predicted molar refractivity (Wildman–Crippen MR) is 74.8 cm³/mol. The highest BCUT2D eigenvalue weighted by Crippen LogP contribution is 2.18. The van der Waals surface area contributed by atoms with E-state index in [-0.39, 0.29) is 6.10 Å². The second-order valence-corrected chi connectivity index (χ2v) is 5.55. The van der Waals surface area contributed by atoms with Gasteiger partial charge in [0.15, 0.2) is 0 Å². The molecule has 108 valence electrons. The van der Waals surface area contributed by atoms with Gasteiger partial charge in [-0.25, -0.2) is 0 Å². The van der Waals surface area contributed by atoms with Crippen LogP contribution in [0, 0.1) is 5.92 Å². The average Bonchev–Trinajstić information content (AvgIpc) is 2.31. The zero-order chi connectivity index (χ0) is 13.4. The molecule has 1 fully saturated rings. The first-order chi connectivity index (χ1) is 8.61. The molecule has 1 rings (SSSR count). The SMILES string of the molecule is CCOCCN(C)CC1CCN(C[C@@H](C)O)CC1. The summed E-state index contributed by atoms with van der Waals surface area (Å²) in [5.74, 6) is 0.807. The van der Waals surface area contributed by atoms with Gasteiger partial charge >= 0.3 is 0 Å². The van der Waals surface area contributed by atoms with Gasteiger partial charge in [-0.05, 0) is 52.7 Å². The number of nitrogens with zero attached hydrogens (tertiary/aromatic N) is 2. The molecule has 1 aliphatic rings. The van der Waals surface area contributed by atoms with Gasteiger partial charge in [-0.15, -0.1) is 0 Å². The van der Waals surface area contributed by atoms with Crippen LogP contribution in [-0.2, 0) is 4.74 Å². The van der Waals surface area contributed by atoms with Crippen LogP contribution in [-0.4, -0.2) is 74.0 Å². The van der Waals surface area contributed by atoms with Crippen molar-refractivity contribution in [3.8, 4) is 0 Å². The molecule has 1 saturated heterocycles. The van der Waals surface area contributed by atoms with E-state index in [1.807, 2.05) is 13.8 Å². The van der Waals surface area contributed by atoms with Crippen LogP contribution < -0.4 is 0 Å². The summed E-state index contributed by atoms with van der Waals surface area (Å²) in [6, 6.07) is 0. The minimum absolute atomic E-state index is 0.199. The Bertz CT molecular complexity index is 204. The highest BCUT2D eigenvalue weighted by atomic mass is 16.5. The molecule has 0 amide bonds.